The van der Waals surface area contributed by atoms with Crippen LogP contribution in [0.15, 0.2) is 35.4 Å². The molecule has 0 radical (unpaired) electrons. The second kappa shape index (κ2) is 5.90. The summed E-state index contributed by atoms with van der Waals surface area (Å²) < 4.78 is 27.2. The van der Waals surface area contributed by atoms with E-state index in [0.29, 0.717) is 0 Å². The van der Waals surface area contributed by atoms with Crippen molar-refractivity contribution in [2.24, 2.45) is 0 Å². The highest BCUT2D eigenvalue weighted by atomic mass is 32.2. The summed E-state index contributed by atoms with van der Waals surface area (Å²) in [7, 11) is -1.75. The van der Waals surface area contributed by atoms with Crippen molar-refractivity contribution in [3.8, 4) is 0 Å². The fourth-order valence-electron chi connectivity index (χ4n) is 1.72. The average molecular weight is 311 g/mol. The molecule has 1 aromatic heterocycles. The van der Waals surface area contributed by atoms with Crippen molar-refractivity contribution in [3.05, 3.63) is 40.3 Å². The lowest BCUT2D eigenvalue weighted by Gasteiger charge is -2.12. The van der Waals surface area contributed by atoms with Gasteiger partial charge in [0.2, 0.25) is 10.0 Å². The molecule has 108 valence electrons. The highest BCUT2D eigenvalue weighted by Crippen LogP contribution is 2.21. The maximum atomic E-state index is 12.3. The van der Waals surface area contributed by atoms with E-state index < -0.39 is 10.0 Å². The predicted molar refractivity (Wildman–Crippen MR) is 81.6 cm³/mol. The summed E-state index contributed by atoms with van der Waals surface area (Å²) in [5.41, 5.74) is 0.868. The first kappa shape index (κ1) is 15.0. The lowest BCUT2D eigenvalue weighted by atomic mass is 10.3. The Morgan fingerprint density at radius 1 is 1.25 bits per heavy atom. The molecule has 2 aromatic rings. The fourth-order valence-corrected chi connectivity index (χ4v) is 3.78. The lowest BCUT2D eigenvalue weighted by Crippen LogP contribution is -2.26. The summed E-state index contributed by atoms with van der Waals surface area (Å²) in [4.78, 5) is 5.51. The monoisotopic (exact) mass is 311 g/mol. The topological polar surface area (TPSA) is 71.1 Å². The zero-order valence-corrected chi connectivity index (χ0v) is 13.2. The van der Waals surface area contributed by atoms with Gasteiger partial charge in [0, 0.05) is 23.8 Å². The summed E-state index contributed by atoms with van der Waals surface area (Å²) in [5, 5.41) is 3.71. The van der Waals surface area contributed by atoms with Crippen molar-refractivity contribution in [1.82, 2.24) is 9.71 Å². The Morgan fingerprint density at radius 3 is 2.40 bits per heavy atom. The molecule has 0 amide bonds. The van der Waals surface area contributed by atoms with Crippen LogP contribution in [0, 0.1) is 6.92 Å². The Kier molecular flexibility index (Phi) is 4.42. The zero-order chi connectivity index (χ0) is 14.8. The number of sulfonamides is 1. The van der Waals surface area contributed by atoms with Gasteiger partial charge in [-0.15, -0.1) is 11.3 Å². The summed E-state index contributed by atoms with van der Waals surface area (Å²) in [6, 6.07) is 6.27. The van der Waals surface area contributed by atoms with E-state index in [0.717, 1.165) is 15.6 Å². The first-order valence-corrected chi connectivity index (χ1v) is 8.45. The van der Waals surface area contributed by atoms with E-state index >= 15 is 0 Å². The van der Waals surface area contributed by atoms with Crippen molar-refractivity contribution in [1.29, 1.82) is 0 Å². The van der Waals surface area contributed by atoms with Gasteiger partial charge in [0.05, 0.1) is 10.9 Å². The highest BCUT2D eigenvalue weighted by Gasteiger charge is 2.19. The molecule has 0 saturated heterocycles. The summed E-state index contributed by atoms with van der Waals surface area (Å²) in [6.45, 7) is 3.73. The fraction of sp³-hybridized carbons (Fsp3) is 0.308. The van der Waals surface area contributed by atoms with Crippen molar-refractivity contribution < 1.29 is 8.42 Å². The summed E-state index contributed by atoms with van der Waals surface area (Å²) >= 11 is 1.49. The Morgan fingerprint density at radius 2 is 1.90 bits per heavy atom. The van der Waals surface area contributed by atoms with Crippen LogP contribution in [0.25, 0.3) is 0 Å². The molecule has 0 aliphatic heterocycles. The molecule has 1 aromatic carbocycles. The van der Waals surface area contributed by atoms with Crippen LogP contribution in [0.5, 0.6) is 0 Å². The zero-order valence-electron chi connectivity index (χ0n) is 11.5. The van der Waals surface area contributed by atoms with E-state index in [-0.39, 0.29) is 10.9 Å². The SMILES string of the molecule is CNc1ccc(S(=O)(=O)NC(C)c2ncc(C)s2)cc1. The quantitative estimate of drug-likeness (QED) is 0.890. The standard InChI is InChI=1S/C13H17N3O2S2/c1-9-8-15-13(19-9)10(2)16-20(17,18)12-6-4-11(14-3)5-7-12/h4-8,10,14,16H,1-3H3. The molecule has 0 fully saturated rings. The summed E-state index contributed by atoms with van der Waals surface area (Å²) in [6.07, 6.45) is 1.74. The number of aryl methyl sites for hydroxylation is 1. The van der Waals surface area contributed by atoms with Gasteiger partial charge < -0.3 is 5.32 Å². The largest absolute Gasteiger partial charge is 0.388 e. The van der Waals surface area contributed by atoms with E-state index in [2.05, 4.69) is 15.0 Å². The maximum absolute atomic E-state index is 12.3. The second-order valence-electron chi connectivity index (χ2n) is 4.43. The van der Waals surface area contributed by atoms with Crippen LogP contribution in [-0.4, -0.2) is 20.4 Å². The van der Waals surface area contributed by atoms with Crippen LogP contribution in [0.2, 0.25) is 0 Å². The van der Waals surface area contributed by atoms with Crippen LogP contribution in [-0.2, 0) is 10.0 Å². The second-order valence-corrected chi connectivity index (χ2v) is 7.41. The van der Waals surface area contributed by atoms with E-state index in [4.69, 9.17) is 0 Å². The molecule has 0 spiro atoms. The number of thiazole rings is 1. The molecule has 2 rings (SSSR count). The first-order chi connectivity index (χ1) is 9.42. The molecule has 2 N–H and O–H groups in total. The minimum atomic E-state index is -3.53. The Balaban J connectivity index is 2.17. The number of nitrogens with one attached hydrogen (secondary N) is 2. The minimum Gasteiger partial charge on any atom is -0.388 e. The third kappa shape index (κ3) is 3.36. The van der Waals surface area contributed by atoms with Gasteiger partial charge in [-0.25, -0.2) is 18.1 Å². The number of benzene rings is 1. The molecule has 1 heterocycles. The van der Waals surface area contributed by atoms with Crippen LogP contribution >= 0.6 is 11.3 Å². The van der Waals surface area contributed by atoms with Gasteiger partial charge in [0.1, 0.15) is 5.01 Å². The van der Waals surface area contributed by atoms with E-state index in [9.17, 15) is 8.42 Å². The van der Waals surface area contributed by atoms with Crippen molar-refractivity contribution in [3.63, 3.8) is 0 Å². The number of aromatic nitrogens is 1. The normalized spacial score (nSPS) is 13.2. The Labute approximate surface area is 123 Å². The van der Waals surface area contributed by atoms with E-state index in [1.165, 1.54) is 11.3 Å². The molecular formula is C13H17N3O2S2. The number of anilines is 1. The molecule has 0 bridgehead atoms. The first-order valence-electron chi connectivity index (χ1n) is 6.15. The predicted octanol–water partition coefficient (Wildman–Crippen LogP) is 2.53. The Hall–Kier alpha value is -1.44. The molecule has 5 nitrogen and oxygen atoms in total. The van der Waals surface area contributed by atoms with Crippen LogP contribution < -0.4 is 10.0 Å². The number of nitrogens with zero attached hydrogens (tertiary/aromatic N) is 1. The number of hydrogen-bond acceptors (Lipinski definition) is 5. The third-order valence-electron chi connectivity index (χ3n) is 2.79. The molecule has 1 unspecified atom stereocenters. The van der Waals surface area contributed by atoms with Gasteiger partial charge in [-0.3, -0.25) is 0 Å². The minimum absolute atomic E-state index is 0.247. The van der Waals surface area contributed by atoms with E-state index in [1.54, 1.807) is 44.4 Å². The highest BCUT2D eigenvalue weighted by molar-refractivity contribution is 7.89. The van der Waals surface area contributed by atoms with Crippen LogP contribution in [0.3, 0.4) is 0 Å². The Bertz CT molecular complexity index is 678. The van der Waals surface area contributed by atoms with Crippen molar-refractivity contribution in [2.75, 3.05) is 12.4 Å². The number of rotatable bonds is 5. The average Bonchev–Trinajstić information content (AvgIpc) is 2.85. The third-order valence-corrected chi connectivity index (χ3v) is 5.45. The van der Waals surface area contributed by atoms with Crippen molar-refractivity contribution in [2.45, 2.75) is 24.8 Å². The van der Waals surface area contributed by atoms with Crippen LogP contribution in [0.1, 0.15) is 22.9 Å². The molecule has 20 heavy (non-hydrogen) atoms. The van der Waals surface area contributed by atoms with Gasteiger partial charge in [0.15, 0.2) is 0 Å². The van der Waals surface area contributed by atoms with Crippen molar-refractivity contribution >= 4 is 27.0 Å². The van der Waals surface area contributed by atoms with Crippen LogP contribution in [0.4, 0.5) is 5.69 Å². The smallest absolute Gasteiger partial charge is 0.241 e. The van der Waals surface area contributed by atoms with Gasteiger partial charge >= 0.3 is 0 Å². The lowest BCUT2D eigenvalue weighted by molar-refractivity contribution is 0.566. The van der Waals surface area contributed by atoms with Gasteiger partial charge in [-0.05, 0) is 38.1 Å². The van der Waals surface area contributed by atoms with Gasteiger partial charge in [-0.2, -0.15) is 0 Å². The molecule has 1 atom stereocenters. The molecular weight excluding hydrogens is 294 g/mol. The molecule has 0 saturated carbocycles. The summed E-state index contributed by atoms with van der Waals surface area (Å²) in [5.74, 6) is 0. The number of hydrogen-bond donors (Lipinski definition) is 2. The van der Waals surface area contributed by atoms with Gasteiger partial charge in [0.25, 0.3) is 0 Å². The molecule has 7 heteroatoms. The molecule has 0 aliphatic carbocycles. The molecule has 0 aliphatic rings. The maximum Gasteiger partial charge on any atom is 0.241 e. The van der Waals surface area contributed by atoms with Gasteiger partial charge in [-0.1, -0.05) is 0 Å². The van der Waals surface area contributed by atoms with E-state index in [1.807, 2.05) is 6.92 Å².